The minimum Gasteiger partial charge on any atom is -0.486 e. The summed E-state index contributed by atoms with van der Waals surface area (Å²) >= 11 is 0. The number of fused-ring (bicyclic) bond motifs is 1. The van der Waals surface area contributed by atoms with Crippen molar-refractivity contribution in [3.05, 3.63) is 77.9 Å². The van der Waals surface area contributed by atoms with Crippen molar-refractivity contribution in [1.82, 2.24) is 0 Å². The number of halogens is 3. The van der Waals surface area contributed by atoms with E-state index in [1.54, 1.807) is 25.1 Å². The molecule has 1 aliphatic carbocycles. The summed E-state index contributed by atoms with van der Waals surface area (Å²) in [4.78, 5) is 12.3. The number of aryl methyl sites for hydroxylation is 1. The molecule has 1 saturated carbocycles. The Labute approximate surface area is 207 Å². The van der Waals surface area contributed by atoms with Gasteiger partial charge in [0.1, 0.15) is 35.4 Å². The van der Waals surface area contributed by atoms with Gasteiger partial charge in [-0.3, -0.25) is 9.10 Å². The van der Waals surface area contributed by atoms with Crippen molar-refractivity contribution in [2.24, 2.45) is 5.92 Å². The Bertz CT molecular complexity index is 1440. The predicted molar refractivity (Wildman–Crippen MR) is 129 cm³/mol. The molecule has 1 heterocycles. The SMILES string of the molecule is Cc1cccc(S(=O)(=O)N2C[C@H](CCC(=O)[C@H]3C[C@H]3F)Oc3ccc(-c4cc(F)ccc4F)cc32)c1. The van der Waals surface area contributed by atoms with E-state index in [1.807, 2.05) is 0 Å². The molecule has 0 unspecified atom stereocenters. The Morgan fingerprint density at radius 2 is 1.86 bits per heavy atom. The molecule has 9 heteroatoms. The predicted octanol–water partition coefficient (Wildman–Crippen LogP) is 5.60. The number of hydrogen-bond donors (Lipinski definition) is 0. The molecule has 5 nitrogen and oxygen atoms in total. The molecule has 36 heavy (non-hydrogen) atoms. The summed E-state index contributed by atoms with van der Waals surface area (Å²) in [6.45, 7) is 1.69. The molecule has 1 aliphatic heterocycles. The summed E-state index contributed by atoms with van der Waals surface area (Å²) in [6, 6.07) is 14.0. The zero-order valence-corrected chi connectivity index (χ0v) is 20.3. The van der Waals surface area contributed by atoms with E-state index in [0.29, 0.717) is 0 Å². The number of hydrogen-bond acceptors (Lipinski definition) is 4. The molecule has 0 saturated heterocycles. The first kappa shape index (κ1) is 24.4. The highest BCUT2D eigenvalue weighted by Crippen LogP contribution is 2.42. The fourth-order valence-corrected chi connectivity index (χ4v) is 6.07. The van der Waals surface area contributed by atoms with Gasteiger partial charge < -0.3 is 4.74 Å². The van der Waals surface area contributed by atoms with E-state index in [9.17, 15) is 26.4 Å². The van der Waals surface area contributed by atoms with E-state index in [0.717, 1.165) is 23.8 Å². The van der Waals surface area contributed by atoms with Crippen LogP contribution in [-0.4, -0.2) is 33.0 Å². The number of sulfonamides is 1. The lowest BCUT2D eigenvalue weighted by Crippen LogP contribution is -2.43. The molecule has 0 N–H and O–H groups in total. The van der Waals surface area contributed by atoms with E-state index < -0.39 is 39.9 Å². The Morgan fingerprint density at radius 3 is 2.58 bits per heavy atom. The molecule has 0 radical (unpaired) electrons. The molecule has 0 aromatic heterocycles. The van der Waals surface area contributed by atoms with Gasteiger partial charge in [-0.15, -0.1) is 0 Å². The molecule has 3 atom stereocenters. The number of Topliss-reactive ketones (excluding diaryl/α,β-unsaturated/α-hetero) is 1. The Kier molecular flexibility index (Phi) is 6.28. The lowest BCUT2D eigenvalue weighted by atomic mass is 10.0. The minimum absolute atomic E-state index is 0.0105. The van der Waals surface area contributed by atoms with Crippen LogP contribution in [0.15, 0.2) is 65.6 Å². The van der Waals surface area contributed by atoms with Crippen LogP contribution in [-0.2, 0) is 14.8 Å². The molecular formula is C27H24F3NO4S. The first-order valence-electron chi connectivity index (χ1n) is 11.7. The number of nitrogens with zero attached hydrogens (tertiary/aromatic N) is 1. The molecule has 1 fully saturated rings. The smallest absolute Gasteiger partial charge is 0.264 e. The van der Waals surface area contributed by atoms with Gasteiger partial charge in [0.05, 0.1) is 23.0 Å². The van der Waals surface area contributed by atoms with Crippen LogP contribution in [0.25, 0.3) is 11.1 Å². The summed E-state index contributed by atoms with van der Waals surface area (Å²) in [5, 5.41) is 0. The molecular weight excluding hydrogens is 491 g/mol. The maximum Gasteiger partial charge on any atom is 0.264 e. The number of carbonyl (C=O) groups is 1. The van der Waals surface area contributed by atoms with Crippen LogP contribution >= 0.6 is 0 Å². The molecule has 3 aromatic carbocycles. The molecule has 0 amide bonds. The third-order valence-corrected chi connectivity index (χ3v) is 8.32. The quantitative estimate of drug-likeness (QED) is 0.411. The fraction of sp³-hybridized carbons (Fsp3) is 0.296. The monoisotopic (exact) mass is 515 g/mol. The first-order valence-corrected chi connectivity index (χ1v) is 13.1. The van der Waals surface area contributed by atoms with Crippen molar-refractivity contribution in [2.75, 3.05) is 10.8 Å². The zero-order valence-electron chi connectivity index (χ0n) is 19.5. The fourth-order valence-electron chi connectivity index (χ4n) is 4.46. The van der Waals surface area contributed by atoms with Crippen LogP contribution < -0.4 is 9.04 Å². The first-order chi connectivity index (χ1) is 17.1. The van der Waals surface area contributed by atoms with E-state index >= 15 is 0 Å². The number of carbonyl (C=O) groups excluding carboxylic acids is 1. The van der Waals surface area contributed by atoms with E-state index in [-0.39, 0.29) is 59.0 Å². The lowest BCUT2D eigenvalue weighted by molar-refractivity contribution is -0.121. The van der Waals surface area contributed by atoms with Crippen LogP contribution in [0.1, 0.15) is 24.8 Å². The Hall–Kier alpha value is -3.33. The van der Waals surface area contributed by atoms with Gasteiger partial charge >= 0.3 is 0 Å². The molecule has 0 bridgehead atoms. The van der Waals surface area contributed by atoms with Gasteiger partial charge in [0.15, 0.2) is 0 Å². The molecule has 0 spiro atoms. The number of ketones is 1. The second kappa shape index (κ2) is 9.28. The largest absolute Gasteiger partial charge is 0.486 e. The van der Waals surface area contributed by atoms with Crippen LogP contribution in [0.4, 0.5) is 18.9 Å². The Morgan fingerprint density at radius 1 is 1.08 bits per heavy atom. The van der Waals surface area contributed by atoms with Gasteiger partial charge in [-0.25, -0.2) is 21.6 Å². The van der Waals surface area contributed by atoms with Crippen LogP contribution in [0.3, 0.4) is 0 Å². The maximum atomic E-state index is 14.5. The highest BCUT2D eigenvalue weighted by atomic mass is 32.2. The summed E-state index contributed by atoms with van der Waals surface area (Å²) in [5.74, 6) is -1.80. The van der Waals surface area contributed by atoms with Crippen molar-refractivity contribution in [2.45, 2.75) is 43.4 Å². The normalized spacial score (nSPS) is 21.0. The van der Waals surface area contributed by atoms with Crippen LogP contribution in [0, 0.1) is 24.5 Å². The number of alkyl halides is 1. The van der Waals surface area contributed by atoms with Crippen molar-refractivity contribution in [3.8, 4) is 16.9 Å². The van der Waals surface area contributed by atoms with Crippen molar-refractivity contribution in [1.29, 1.82) is 0 Å². The van der Waals surface area contributed by atoms with E-state index in [1.165, 1.54) is 28.6 Å². The second-order valence-electron chi connectivity index (χ2n) is 9.26. The number of rotatable bonds is 7. The Balaban J connectivity index is 1.53. The highest BCUT2D eigenvalue weighted by Gasteiger charge is 2.43. The summed E-state index contributed by atoms with van der Waals surface area (Å²) in [5.41, 5.74) is 1.22. The van der Waals surface area contributed by atoms with Crippen LogP contribution in [0.2, 0.25) is 0 Å². The molecule has 2 aliphatic rings. The van der Waals surface area contributed by atoms with E-state index in [2.05, 4.69) is 0 Å². The standard InChI is InChI=1S/C27H24F3NO4S/c1-16-3-2-4-20(11-16)36(33,34)31-15-19(7-9-26(32)22-14-24(22)30)35-27-10-5-17(12-25(27)31)21-13-18(28)6-8-23(21)29/h2-6,8,10-13,19,22,24H,7,9,14-15H2,1H3/t19-,22-,24+/m0/s1. The van der Waals surface area contributed by atoms with Crippen molar-refractivity contribution in [3.63, 3.8) is 0 Å². The molecule has 3 aromatic rings. The van der Waals surface area contributed by atoms with E-state index in [4.69, 9.17) is 4.74 Å². The van der Waals surface area contributed by atoms with Crippen LogP contribution in [0.5, 0.6) is 5.75 Å². The summed E-state index contributed by atoms with van der Waals surface area (Å²) in [7, 11) is -4.06. The average molecular weight is 516 g/mol. The number of ether oxygens (including phenoxy) is 1. The third-order valence-electron chi connectivity index (χ3n) is 6.55. The van der Waals surface area contributed by atoms with Gasteiger partial charge in [-0.2, -0.15) is 0 Å². The lowest BCUT2D eigenvalue weighted by Gasteiger charge is -2.36. The number of anilines is 1. The highest BCUT2D eigenvalue weighted by molar-refractivity contribution is 7.92. The third kappa shape index (κ3) is 4.72. The van der Waals surface area contributed by atoms with Gasteiger partial charge in [0.2, 0.25) is 0 Å². The van der Waals surface area contributed by atoms with Crippen molar-refractivity contribution < 1.29 is 31.1 Å². The topological polar surface area (TPSA) is 63.7 Å². The summed E-state index contributed by atoms with van der Waals surface area (Å²) in [6.07, 6.45) is -1.20. The molecule has 5 rings (SSSR count). The number of benzene rings is 3. The minimum atomic E-state index is -4.06. The van der Waals surface area contributed by atoms with Gasteiger partial charge in [0, 0.05) is 12.0 Å². The van der Waals surface area contributed by atoms with Gasteiger partial charge in [0.25, 0.3) is 10.0 Å². The zero-order chi connectivity index (χ0) is 25.6. The molecule has 188 valence electrons. The average Bonchev–Trinajstić information content (AvgIpc) is 3.59. The summed E-state index contributed by atoms with van der Waals surface area (Å²) < 4.78 is 76.3. The van der Waals surface area contributed by atoms with Gasteiger partial charge in [-0.05, 0) is 73.4 Å². The maximum absolute atomic E-state index is 14.5. The van der Waals surface area contributed by atoms with Gasteiger partial charge in [-0.1, -0.05) is 18.2 Å². The second-order valence-corrected chi connectivity index (χ2v) is 11.1. The van der Waals surface area contributed by atoms with Crippen molar-refractivity contribution >= 4 is 21.5 Å².